The maximum absolute atomic E-state index is 13.4. The second-order valence-electron chi connectivity index (χ2n) is 5.78. The van der Waals surface area contributed by atoms with Gasteiger partial charge in [0.05, 0.1) is 0 Å². The summed E-state index contributed by atoms with van der Waals surface area (Å²) in [7, 11) is 0. The second-order valence-corrected chi connectivity index (χ2v) is 5.78. The average molecular weight is 291 g/mol. The number of carbonyl (C=O) groups excluding carboxylic acids is 1. The first-order valence-corrected chi connectivity index (χ1v) is 6.64. The molecule has 0 bridgehead atoms. The van der Waals surface area contributed by atoms with Crippen LogP contribution in [0.1, 0.15) is 32.2 Å². The van der Waals surface area contributed by atoms with Crippen LogP contribution in [0, 0.1) is 5.82 Å². The van der Waals surface area contributed by atoms with Crippen molar-refractivity contribution < 1.29 is 9.18 Å². The van der Waals surface area contributed by atoms with Gasteiger partial charge in [0.25, 0.3) is 0 Å². The van der Waals surface area contributed by atoms with Crippen LogP contribution in [0.2, 0.25) is 0 Å². The zero-order valence-corrected chi connectivity index (χ0v) is 12.3. The third kappa shape index (κ3) is 3.84. The fourth-order valence-corrected chi connectivity index (χ4v) is 1.88. The van der Waals surface area contributed by atoms with Gasteiger partial charge in [-0.25, -0.2) is 9.07 Å². The Kier molecular flexibility index (Phi) is 4.30. The molecule has 0 aliphatic heterocycles. The maximum atomic E-state index is 13.4. The third-order valence-electron chi connectivity index (χ3n) is 2.93. The van der Waals surface area contributed by atoms with Crippen LogP contribution < -0.4 is 5.32 Å². The molecule has 1 amide bonds. The molecule has 2 aromatic rings. The van der Waals surface area contributed by atoms with E-state index in [1.807, 2.05) is 20.8 Å². The number of benzene rings is 1. The molecule has 0 aliphatic carbocycles. The van der Waals surface area contributed by atoms with Crippen LogP contribution in [0.5, 0.6) is 0 Å². The van der Waals surface area contributed by atoms with Crippen LogP contribution in [0.4, 0.5) is 4.39 Å². The van der Waals surface area contributed by atoms with Gasteiger partial charge in [0.2, 0.25) is 5.91 Å². The number of carbonyl (C=O) groups is 1. The van der Waals surface area contributed by atoms with Gasteiger partial charge in [0.1, 0.15) is 12.4 Å². The van der Waals surface area contributed by atoms with Crippen LogP contribution in [0.15, 0.2) is 24.3 Å². The molecule has 2 rings (SSSR count). The Morgan fingerprint density at radius 1 is 1.33 bits per heavy atom. The molecule has 112 valence electrons. The predicted octanol–water partition coefficient (Wildman–Crippen LogP) is 1.43. The number of aromatic nitrogens is 4. The minimum Gasteiger partial charge on any atom is -0.350 e. The van der Waals surface area contributed by atoms with E-state index < -0.39 is 0 Å². The summed E-state index contributed by atoms with van der Waals surface area (Å²) in [6.45, 7) is 6.04. The topological polar surface area (TPSA) is 72.7 Å². The van der Waals surface area contributed by atoms with Crippen molar-refractivity contribution in [3.05, 3.63) is 41.5 Å². The maximum Gasteiger partial charge on any atom is 0.242 e. The lowest BCUT2D eigenvalue weighted by molar-refractivity contribution is -0.122. The minimum atomic E-state index is -0.337. The summed E-state index contributed by atoms with van der Waals surface area (Å²) in [6.07, 6.45) is 0. The van der Waals surface area contributed by atoms with E-state index in [1.165, 1.54) is 10.7 Å². The highest BCUT2D eigenvalue weighted by molar-refractivity contribution is 5.75. The molecule has 1 aromatic heterocycles. The van der Waals surface area contributed by atoms with Crippen LogP contribution in [0.25, 0.3) is 0 Å². The number of hydrogen-bond acceptors (Lipinski definition) is 4. The van der Waals surface area contributed by atoms with E-state index in [0.29, 0.717) is 11.4 Å². The van der Waals surface area contributed by atoms with Gasteiger partial charge in [0.15, 0.2) is 5.82 Å². The van der Waals surface area contributed by atoms with E-state index in [0.717, 1.165) is 0 Å². The molecular formula is C14H18FN5O. The van der Waals surface area contributed by atoms with Crippen LogP contribution in [-0.4, -0.2) is 26.1 Å². The molecule has 1 aromatic carbocycles. The molecule has 21 heavy (non-hydrogen) atoms. The number of nitrogens with one attached hydrogen (secondary N) is 1. The van der Waals surface area contributed by atoms with Gasteiger partial charge in [0, 0.05) is 17.5 Å². The lowest BCUT2D eigenvalue weighted by atomic mass is 9.96. The van der Waals surface area contributed by atoms with Crippen molar-refractivity contribution in [3.63, 3.8) is 0 Å². The second kappa shape index (κ2) is 5.99. The highest BCUT2D eigenvalue weighted by Crippen LogP contribution is 2.18. The molecule has 0 aliphatic rings. The monoisotopic (exact) mass is 291 g/mol. The Hall–Kier alpha value is -2.31. The fraction of sp³-hybridized carbons (Fsp3) is 0.429. The van der Waals surface area contributed by atoms with Gasteiger partial charge >= 0.3 is 0 Å². The number of rotatable bonds is 4. The predicted molar refractivity (Wildman–Crippen MR) is 74.8 cm³/mol. The van der Waals surface area contributed by atoms with E-state index in [4.69, 9.17) is 0 Å². The smallest absolute Gasteiger partial charge is 0.242 e. The summed E-state index contributed by atoms with van der Waals surface area (Å²) < 4.78 is 14.9. The first-order chi connectivity index (χ1) is 9.88. The minimum absolute atomic E-state index is 0.00799. The molecule has 1 heterocycles. The summed E-state index contributed by atoms with van der Waals surface area (Å²) in [5.74, 6) is 0.0233. The zero-order chi connectivity index (χ0) is 15.5. The molecule has 0 saturated heterocycles. The Labute approximate surface area is 122 Å². The van der Waals surface area contributed by atoms with Gasteiger partial charge in [-0.15, -0.1) is 5.10 Å². The Bertz CT molecular complexity index is 632. The number of tetrazole rings is 1. The number of nitrogens with zero attached hydrogens (tertiary/aromatic N) is 4. The number of amides is 1. The summed E-state index contributed by atoms with van der Waals surface area (Å²) in [5.41, 5.74) is 0.189. The SMILES string of the molecule is CC(C)(C)c1nnnn1CC(=O)NCc1ccccc1F. The zero-order valence-electron chi connectivity index (χ0n) is 12.3. The molecule has 1 N–H and O–H groups in total. The molecular weight excluding hydrogens is 273 g/mol. The van der Waals surface area contributed by atoms with Crippen molar-refractivity contribution >= 4 is 5.91 Å². The molecule has 0 unspecified atom stereocenters. The quantitative estimate of drug-likeness (QED) is 0.925. The van der Waals surface area contributed by atoms with Crippen molar-refractivity contribution in [2.75, 3.05) is 0 Å². The largest absolute Gasteiger partial charge is 0.350 e. The van der Waals surface area contributed by atoms with Crippen molar-refractivity contribution in [3.8, 4) is 0 Å². The Morgan fingerprint density at radius 3 is 2.71 bits per heavy atom. The Morgan fingerprint density at radius 2 is 2.05 bits per heavy atom. The van der Waals surface area contributed by atoms with Gasteiger partial charge in [-0.05, 0) is 16.5 Å². The highest BCUT2D eigenvalue weighted by Gasteiger charge is 2.22. The Balaban J connectivity index is 1.97. The molecule has 0 radical (unpaired) electrons. The highest BCUT2D eigenvalue weighted by atomic mass is 19.1. The first-order valence-electron chi connectivity index (χ1n) is 6.64. The van der Waals surface area contributed by atoms with Crippen LogP contribution in [-0.2, 0) is 23.3 Å². The van der Waals surface area contributed by atoms with Crippen LogP contribution in [0.3, 0.4) is 0 Å². The van der Waals surface area contributed by atoms with E-state index in [1.54, 1.807) is 18.2 Å². The van der Waals surface area contributed by atoms with Crippen molar-refractivity contribution in [1.29, 1.82) is 0 Å². The van der Waals surface area contributed by atoms with Crippen molar-refractivity contribution in [2.24, 2.45) is 0 Å². The number of halogens is 1. The van der Waals surface area contributed by atoms with Crippen molar-refractivity contribution in [1.82, 2.24) is 25.5 Å². The van der Waals surface area contributed by atoms with Crippen LogP contribution >= 0.6 is 0 Å². The molecule has 0 atom stereocenters. The first kappa shape index (κ1) is 15.1. The van der Waals surface area contributed by atoms with E-state index in [9.17, 15) is 9.18 Å². The van der Waals surface area contributed by atoms with Gasteiger partial charge < -0.3 is 5.32 Å². The van der Waals surface area contributed by atoms with Gasteiger partial charge in [-0.1, -0.05) is 39.0 Å². The summed E-state index contributed by atoms with van der Waals surface area (Å²) in [5, 5.41) is 14.0. The normalized spacial score (nSPS) is 11.4. The summed E-state index contributed by atoms with van der Waals surface area (Å²) in [6, 6.07) is 6.33. The van der Waals surface area contributed by atoms with Gasteiger partial charge in [-0.2, -0.15) is 0 Å². The standard InChI is InChI=1S/C14H18FN5O/c1-14(2,3)13-17-18-19-20(13)9-12(21)16-8-10-6-4-5-7-11(10)15/h4-7H,8-9H2,1-3H3,(H,16,21). The van der Waals surface area contributed by atoms with E-state index in [-0.39, 0.29) is 30.2 Å². The van der Waals surface area contributed by atoms with Gasteiger partial charge in [-0.3, -0.25) is 4.79 Å². The molecule has 7 heteroatoms. The summed E-state index contributed by atoms with van der Waals surface area (Å²) in [4.78, 5) is 11.9. The van der Waals surface area contributed by atoms with E-state index in [2.05, 4.69) is 20.8 Å². The summed E-state index contributed by atoms with van der Waals surface area (Å²) >= 11 is 0. The lowest BCUT2D eigenvalue weighted by Crippen LogP contribution is -2.30. The average Bonchev–Trinajstić information content (AvgIpc) is 2.86. The molecule has 0 fully saturated rings. The third-order valence-corrected chi connectivity index (χ3v) is 2.93. The van der Waals surface area contributed by atoms with Crippen molar-refractivity contribution in [2.45, 2.75) is 39.3 Å². The molecule has 0 spiro atoms. The molecule has 6 nitrogen and oxygen atoms in total. The fourth-order valence-electron chi connectivity index (χ4n) is 1.88. The molecule has 0 saturated carbocycles. The van der Waals surface area contributed by atoms with E-state index >= 15 is 0 Å². The lowest BCUT2D eigenvalue weighted by Gasteiger charge is -2.16. The number of hydrogen-bond donors (Lipinski definition) is 1.